The van der Waals surface area contributed by atoms with Gasteiger partial charge in [0.15, 0.2) is 5.82 Å². The van der Waals surface area contributed by atoms with E-state index in [4.69, 9.17) is 4.52 Å². The summed E-state index contributed by atoms with van der Waals surface area (Å²) in [5.41, 5.74) is 1.70. The first-order valence-electron chi connectivity index (χ1n) is 6.50. The van der Waals surface area contributed by atoms with Gasteiger partial charge in [-0.05, 0) is 31.6 Å². The third kappa shape index (κ3) is 3.64. The lowest BCUT2D eigenvalue weighted by molar-refractivity contribution is 0.0948. The molecule has 6 nitrogen and oxygen atoms in total. The molecule has 2 rings (SSSR count). The number of nitrogens with zero attached hydrogens (tertiary/aromatic N) is 2. The largest absolute Gasteiger partial charge is 0.345 e. The van der Waals surface area contributed by atoms with E-state index < -0.39 is 0 Å². The summed E-state index contributed by atoms with van der Waals surface area (Å²) in [7, 11) is 1.89. The molecule has 0 saturated carbocycles. The van der Waals surface area contributed by atoms with Gasteiger partial charge in [0.1, 0.15) is 0 Å². The lowest BCUT2D eigenvalue weighted by atomic mass is 10.0. The Morgan fingerprint density at radius 3 is 2.85 bits per heavy atom. The van der Waals surface area contributed by atoms with Crippen molar-refractivity contribution in [2.45, 2.75) is 19.9 Å². The highest BCUT2D eigenvalue weighted by Gasteiger charge is 2.11. The molecule has 1 heterocycles. The molecule has 1 aromatic carbocycles. The van der Waals surface area contributed by atoms with Crippen LogP contribution in [0.25, 0.3) is 0 Å². The minimum Gasteiger partial charge on any atom is -0.345 e. The van der Waals surface area contributed by atoms with Crippen LogP contribution in [-0.2, 0) is 13.0 Å². The number of hydrogen-bond donors (Lipinski definition) is 2. The maximum Gasteiger partial charge on any atom is 0.251 e. The van der Waals surface area contributed by atoms with Crippen LogP contribution in [0.1, 0.15) is 27.6 Å². The van der Waals surface area contributed by atoms with Crippen molar-refractivity contribution in [1.82, 2.24) is 20.8 Å². The fourth-order valence-corrected chi connectivity index (χ4v) is 1.89. The molecular weight excluding hydrogens is 256 g/mol. The number of aromatic nitrogens is 2. The van der Waals surface area contributed by atoms with E-state index in [0.29, 0.717) is 17.3 Å². The Morgan fingerprint density at radius 2 is 2.15 bits per heavy atom. The summed E-state index contributed by atoms with van der Waals surface area (Å²) >= 11 is 0. The Morgan fingerprint density at radius 1 is 1.35 bits per heavy atom. The molecule has 0 radical (unpaired) electrons. The second kappa shape index (κ2) is 6.81. The number of amides is 1. The van der Waals surface area contributed by atoms with Crippen LogP contribution in [0.15, 0.2) is 28.8 Å². The number of benzene rings is 1. The van der Waals surface area contributed by atoms with Crippen LogP contribution in [0.5, 0.6) is 0 Å². The molecule has 2 N–H and O–H groups in total. The number of likely N-dealkylation sites (N-methyl/N-ethyl adjacent to an activating group) is 1. The van der Waals surface area contributed by atoms with Gasteiger partial charge in [0, 0.05) is 12.5 Å². The lowest BCUT2D eigenvalue weighted by Gasteiger charge is -2.09. The van der Waals surface area contributed by atoms with Crippen molar-refractivity contribution in [2.75, 3.05) is 13.6 Å². The molecule has 0 spiro atoms. The summed E-state index contributed by atoms with van der Waals surface area (Å²) in [5, 5.41) is 9.62. The summed E-state index contributed by atoms with van der Waals surface area (Å²) in [6.07, 6.45) is 0.807. The quantitative estimate of drug-likeness (QED) is 0.823. The summed E-state index contributed by atoms with van der Waals surface area (Å²) < 4.78 is 4.86. The first-order valence-corrected chi connectivity index (χ1v) is 6.50. The molecule has 0 fully saturated rings. The molecule has 0 aliphatic carbocycles. The molecule has 0 saturated heterocycles. The molecular formula is C14H18N4O2. The SMILES string of the molecule is CNCCc1ccccc1C(=O)NCc1noc(C)n1. The molecule has 2 aromatic rings. The molecule has 106 valence electrons. The molecule has 0 unspecified atom stereocenters. The van der Waals surface area contributed by atoms with Gasteiger partial charge in [-0.2, -0.15) is 4.98 Å². The third-order valence-corrected chi connectivity index (χ3v) is 2.88. The van der Waals surface area contributed by atoms with Crippen LogP contribution >= 0.6 is 0 Å². The van der Waals surface area contributed by atoms with E-state index in [1.807, 2.05) is 31.3 Å². The van der Waals surface area contributed by atoms with Crippen LogP contribution in [-0.4, -0.2) is 29.6 Å². The zero-order valence-corrected chi connectivity index (χ0v) is 11.6. The van der Waals surface area contributed by atoms with Crippen LogP contribution in [0, 0.1) is 6.92 Å². The first-order chi connectivity index (χ1) is 9.70. The summed E-state index contributed by atoms with van der Waals surface area (Å²) in [4.78, 5) is 16.2. The zero-order valence-electron chi connectivity index (χ0n) is 11.6. The molecule has 20 heavy (non-hydrogen) atoms. The highest BCUT2D eigenvalue weighted by atomic mass is 16.5. The van der Waals surface area contributed by atoms with Gasteiger partial charge in [0.25, 0.3) is 5.91 Å². The average molecular weight is 274 g/mol. The van der Waals surface area contributed by atoms with Crippen LogP contribution in [0.4, 0.5) is 0 Å². The van der Waals surface area contributed by atoms with E-state index in [2.05, 4.69) is 20.8 Å². The van der Waals surface area contributed by atoms with Crippen molar-refractivity contribution in [2.24, 2.45) is 0 Å². The van der Waals surface area contributed by atoms with Crippen molar-refractivity contribution >= 4 is 5.91 Å². The number of hydrogen-bond acceptors (Lipinski definition) is 5. The normalized spacial score (nSPS) is 10.5. The van der Waals surface area contributed by atoms with E-state index >= 15 is 0 Å². The number of nitrogens with one attached hydrogen (secondary N) is 2. The van der Waals surface area contributed by atoms with Gasteiger partial charge in [0.2, 0.25) is 5.89 Å². The first kappa shape index (κ1) is 14.2. The number of carbonyl (C=O) groups is 1. The minimum atomic E-state index is -0.126. The monoisotopic (exact) mass is 274 g/mol. The molecule has 1 amide bonds. The van der Waals surface area contributed by atoms with Gasteiger partial charge in [-0.3, -0.25) is 4.79 Å². The maximum absolute atomic E-state index is 12.2. The van der Waals surface area contributed by atoms with Crippen molar-refractivity contribution in [3.63, 3.8) is 0 Å². The van der Waals surface area contributed by atoms with Gasteiger partial charge in [-0.1, -0.05) is 23.4 Å². The molecule has 0 aliphatic rings. The highest BCUT2D eigenvalue weighted by molar-refractivity contribution is 5.95. The molecule has 0 atom stereocenters. The predicted octanol–water partition coefficient (Wildman–Crippen LogP) is 1.07. The van der Waals surface area contributed by atoms with Crippen LogP contribution in [0.3, 0.4) is 0 Å². The maximum atomic E-state index is 12.2. The van der Waals surface area contributed by atoms with Gasteiger partial charge < -0.3 is 15.2 Å². The van der Waals surface area contributed by atoms with Gasteiger partial charge in [-0.25, -0.2) is 0 Å². The van der Waals surface area contributed by atoms with E-state index in [0.717, 1.165) is 18.5 Å². The molecule has 0 aliphatic heterocycles. The highest BCUT2D eigenvalue weighted by Crippen LogP contribution is 2.09. The van der Waals surface area contributed by atoms with Crippen molar-refractivity contribution in [3.8, 4) is 0 Å². The molecule has 1 aromatic heterocycles. The Labute approximate surface area is 117 Å². The smallest absolute Gasteiger partial charge is 0.251 e. The minimum absolute atomic E-state index is 0.126. The van der Waals surface area contributed by atoms with Gasteiger partial charge in [0.05, 0.1) is 6.54 Å². The van der Waals surface area contributed by atoms with E-state index in [-0.39, 0.29) is 12.5 Å². The molecule has 6 heteroatoms. The third-order valence-electron chi connectivity index (χ3n) is 2.88. The fourth-order valence-electron chi connectivity index (χ4n) is 1.89. The Bertz CT molecular complexity index is 580. The van der Waals surface area contributed by atoms with E-state index in [1.165, 1.54) is 0 Å². The average Bonchev–Trinajstić information content (AvgIpc) is 2.88. The van der Waals surface area contributed by atoms with Crippen molar-refractivity contribution < 1.29 is 9.32 Å². The van der Waals surface area contributed by atoms with Crippen LogP contribution in [0.2, 0.25) is 0 Å². The fraction of sp³-hybridized carbons (Fsp3) is 0.357. The second-order valence-corrected chi connectivity index (χ2v) is 4.42. The topological polar surface area (TPSA) is 80.0 Å². The van der Waals surface area contributed by atoms with Crippen molar-refractivity contribution in [3.05, 3.63) is 47.1 Å². The lowest BCUT2D eigenvalue weighted by Crippen LogP contribution is -2.25. The van der Waals surface area contributed by atoms with E-state index in [1.54, 1.807) is 6.92 Å². The van der Waals surface area contributed by atoms with E-state index in [9.17, 15) is 4.79 Å². The number of rotatable bonds is 6. The Hall–Kier alpha value is -2.21. The van der Waals surface area contributed by atoms with Crippen LogP contribution < -0.4 is 10.6 Å². The van der Waals surface area contributed by atoms with Gasteiger partial charge in [-0.15, -0.1) is 0 Å². The van der Waals surface area contributed by atoms with Crippen molar-refractivity contribution in [1.29, 1.82) is 0 Å². The summed E-state index contributed by atoms with van der Waals surface area (Å²) in [6, 6.07) is 7.58. The summed E-state index contributed by atoms with van der Waals surface area (Å²) in [6.45, 7) is 2.80. The Kier molecular flexibility index (Phi) is 4.84. The predicted molar refractivity (Wildman–Crippen MR) is 74.3 cm³/mol. The zero-order chi connectivity index (χ0) is 14.4. The number of carbonyl (C=O) groups excluding carboxylic acids is 1. The second-order valence-electron chi connectivity index (χ2n) is 4.42. The number of aryl methyl sites for hydroxylation is 1. The standard InChI is InChI=1S/C14H18N4O2/c1-10-17-13(18-20-10)9-16-14(19)12-6-4-3-5-11(12)7-8-15-2/h3-6,15H,7-9H2,1-2H3,(H,16,19). The van der Waals surface area contributed by atoms with Gasteiger partial charge >= 0.3 is 0 Å². The molecule has 0 bridgehead atoms. The summed E-state index contributed by atoms with van der Waals surface area (Å²) in [5.74, 6) is 0.839. The Balaban J connectivity index is 2.01.